The smallest absolute Gasteiger partial charge is 0.232 e. The van der Waals surface area contributed by atoms with E-state index in [-0.39, 0.29) is 17.3 Å². The van der Waals surface area contributed by atoms with Crippen LogP contribution < -0.4 is 0 Å². The zero-order chi connectivity index (χ0) is 12.8. The van der Waals surface area contributed by atoms with Crippen LogP contribution in [0.5, 0.6) is 0 Å². The summed E-state index contributed by atoms with van der Waals surface area (Å²) in [7, 11) is 3.36. The highest BCUT2D eigenvalue weighted by atomic mass is 35.7. The first kappa shape index (κ1) is 16.2. The lowest BCUT2D eigenvalue weighted by Gasteiger charge is -2.23. The minimum atomic E-state index is -3.45. The van der Waals surface area contributed by atoms with E-state index in [1.54, 1.807) is 7.11 Å². The first-order chi connectivity index (χ1) is 7.20. The van der Waals surface area contributed by atoms with Crippen LogP contribution in [0.1, 0.15) is 27.2 Å². The fourth-order valence-corrected chi connectivity index (χ4v) is 2.53. The van der Waals surface area contributed by atoms with Gasteiger partial charge >= 0.3 is 0 Å². The van der Waals surface area contributed by atoms with Gasteiger partial charge in [0.25, 0.3) is 0 Å². The summed E-state index contributed by atoms with van der Waals surface area (Å²) in [5.41, 5.74) is -0.349. The van der Waals surface area contributed by atoms with Gasteiger partial charge in [-0.25, -0.2) is 8.42 Å². The molecule has 0 aliphatic heterocycles. The van der Waals surface area contributed by atoms with E-state index in [0.717, 1.165) is 6.42 Å². The highest BCUT2D eigenvalue weighted by Crippen LogP contribution is 2.13. The fraction of sp³-hybridized carbons (Fsp3) is 1.00. The predicted octanol–water partition coefficient (Wildman–Crippen LogP) is 2.02. The van der Waals surface area contributed by atoms with Gasteiger partial charge in [-0.3, -0.25) is 0 Å². The number of hydrogen-bond donors (Lipinski definition) is 0. The van der Waals surface area contributed by atoms with Crippen molar-refractivity contribution in [3.05, 3.63) is 0 Å². The molecule has 98 valence electrons. The van der Waals surface area contributed by atoms with Crippen molar-refractivity contribution in [1.82, 2.24) is 0 Å². The molecule has 0 bridgehead atoms. The van der Waals surface area contributed by atoms with E-state index in [2.05, 4.69) is 0 Å². The van der Waals surface area contributed by atoms with Crippen LogP contribution in [0, 0.1) is 5.92 Å². The molecule has 0 aliphatic rings. The first-order valence-electron chi connectivity index (χ1n) is 5.25. The Hall–Kier alpha value is 0.160. The molecule has 1 atom stereocenters. The van der Waals surface area contributed by atoms with Crippen molar-refractivity contribution >= 4 is 19.7 Å². The van der Waals surface area contributed by atoms with E-state index in [9.17, 15) is 8.42 Å². The van der Waals surface area contributed by atoms with Gasteiger partial charge in [-0.1, -0.05) is 13.3 Å². The van der Waals surface area contributed by atoms with Crippen LogP contribution in [-0.2, 0) is 18.5 Å². The van der Waals surface area contributed by atoms with Gasteiger partial charge < -0.3 is 9.47 Å². The third kappa shape index (κ3) is 8.33. The van der Waals surface area contributed by atoms with Crippen LogP contribution in [0.2, 0.25) is 0 Å². The molecule has 0 aliphatic carbocycles. The molecule has 4 nitrogen and oxygen atoms in total. The molecular formula is C10H21ClO4S. The Balaban J connectivity index is 3.98. The molecule has 0 amide bonds. The number of methoxy groups -OCH3 is 1. The van der Waals surface area contributed by atoms with E-state index >= 15 is 0 Å². The summed E-state index contributed by atoms with van der Waals surface area (Å²) in [5, 5.41) is 0. The van der Waals surface area contributed by atoms with E-state index in [0.29, 0.717) is 13.2 Å². The summed E-state index contributed by atoms with van der Waals surface area (Å²) in [6.07, 6.45) is 0.722. The second-order valence-corrected chi connectivity index (χ2v) is 7.28. The van der Waals surface area contributed by atoms with E-state index in [1.807, 2.05) is 20.8 Å². The number of hydrogen-bond acceptors (Lipinski definition) is 4. The summed E-state index contributed by atoms with van der Waals surface area (Å²) in [6.45, 7) is 6.55. The zero-order valence-electron chi connectivity index (χ0n) is 10.3. The Morgan fingerprint density at radius 2 is 1.94 bits per heavy atom. The Labute approximate surface area is 103 Å². The Morgan fingerprint density at radius 3 is 2.31 bits per heavy atom. The zero-order valence-corrected chi connectivity index (χ0v) is 11.9. The minimum Gasteiger partial charge on any atom is -0.378 e. The van der Waals surface area contributed by atoms with Crippen molar-refractivity contribution in [2.24, 2.45) is 5.92 Å². The van der Waals surface area contributed by atoms with Crippen LogP contribution in [0.4, 0.5) is 0 Å². The molecule has 0 radical (unpaired) electrons. The van der Waals surface area contributed by atoms with Crippen molar-refractivity contribution in [2.75, 3.05) is 26.1 Å². The van der Waals surface area contributed by atoms with Crippen molar-refractivity contribution in [3.63, 3.8) is 0 Å². The highest BCUT2D eigenvalue weighted by Gasteiger charge is 2.19. The molecule has 1 unspecified atom stereocenters. The van der Waals surface area contributed by atoms with Crippen molar-refractivity contribution in [2.45, 2.75) is 32.8 Å². The van der Waals surface area contributed by atoms with Gasteiger partial charge in [-0.15, -0.1) is 0 Å². The van der Waals surface area contributed by atoms with Gasteiger partial charge in [-0.2, -0.15) is 0 Å². The summed E-state index contributed by atoms with van der Waals surface area (Å²) in [6, 6.07) is 0. The van der Waals surface area contributed by atoms with Gasteiger partial charge in [0.2, 0.25) is 9.05 Å². The molecule has 0 saturated carbocycles. The first-order valence-corrected chi connectivity index (χ1v) is 7.73. The molecule has 0 aromatic heterocycles. The third-order valence-electron chi connectivity index (χ3n) is 2.37. The van der Waals surface area contributed by atoms with Crippen LogP contribution >= 0.6 is 10.7 Å². The molecule has 16 heavy (non-hydrogen) atoms. The predicted molar refractivity (Wildman–Crippen MR) is 65.3 cm³/mol. The third-order valence-corrected chi connectivity index (χ3v) is 3.62. The normalized spacial score (nSPS) is 15.1. The summed E-state index contributed by atoms with van der Waals surface area (Å²) >= 11 is 0. The van der Waals surface area contributed by atoms with Gasteiger partial charge in [0.15, 0.2) is 0 Å². The van der Waals surface area contributed by atoms with E-state index in [1.165, 1.54) is 0 Å². The molecule has 0 heterocycles. The number of rotatable bonds is 8. The maximum atomic E-state index is 10.9. The molecular weight excluding hydrogens is 252 g/mol. The van der Waals surface area contributed by atoms with Crippen LogP contribution in [0.3, 0.4) is 0 Å². The molecule has 0 aromatic rings. The number of ether oxygens (including phenoxy) is 2. The molecule has 0 saturated heterocycles. The lowest BCUT2D eigenvalue weighted by Crippen LogP contribution is -2.31. The van der Waals surface area contributed by atoms with E-state index < -0.39 is 9.05 Å². The molecule has 6 heteroatoms. The minimum absolute atomic E-state index is 0.0432. The highest BCUT2D eigenvalue weighted by molar-refractivity contribution is 8.13. The second kappa shape index (κ2) is 6.79. The Bertz CT molecular complexity index is 287. The maximum Gasteiger partial charge on any atom is 0.232 e. The number of halogens is 1. The topological polar surface area (TPSA) is 52.6 Å². The second-order valence-electron chi connectivity index (χ2n) is 4.46. The SMILES string of the molecule is CCC(COCC(C)(C)OC)CS(=O)(=O)Cl. The van der Waals surface area contributed by atoms with Crippen LogP contribution in [-0.4, -0.2) is 40.1 Å². The molecule has 0 N–H and O–H groups in total. The molecule has 0 spiro atoms. The summed E-state index contributed by atoms with van der Waals surface area (Å²) in [5.74, 6) is -0.103. The van der Waals surface area contributed by atoms with Crippen molar-refractivity contribution in [1.29, 1.82) is 0 Å². The lowest BCUT2D eigenvalue weighted by molar-refractivity contribution is -0.0564. The van der Waals surface area contributed by atoms with Gasteiger partial charge in [0.05, 0.1) is 24.6 Å². The average Bonchev–Trinajstić information content (AvgIpc) is 2.14. The fourth-order valence-electron chi connectivity index (χ4n) is 1.10. The Kier molecular flexibility index (Phi) is 6.86. The van der Waals surface area contributed by atoms with Crippen molar-refractivity contribution in [3.8, 4) is 0 Å². The quantitative estimate of drug-likeness (QED) is 0.635. The largest absolute Gasteiger partial charge is 0.378 e. The van der Waals surface area contributed by atoms with Gasteiger partial charge in [-0.05, 0) is 19.8 Å². The lowest BCUT2D eigenvalue weighted by atomic mass is 10.1. The van der Waals surface area contributed by atoms with Crippen molar-refractivity contribution < 1.29 is 17.9 Å². The average molecular weight is 273 g/mol. The standard InChI is InChI=1S/C10H21ClO4S/c1-5-9(7-16(11,12)13)6-15-8-10(2,3)14-4/h9H,5-8H2,1-4H3. The van der Waals surface area contributed by atoms with Crippen LogP contribution in [0.15, 0.2) is 0 Å². The summed E-state index contributed by atoms with van der Waals surface area (Å²) in [4.78, 5) is 0. The van der Waals surface area contributed by atoms with E-state index in [4.69, 9.17) is 20.2 Å². The monoisotopic (exact) mass is 272 g/mol. The summed E-state index contributed by atoms with van der Waals surface area (Å²) < 4.78 is 32.4. The van der Waals surface area contributed by atoms with Crippen LogP contribution in [0.25, 0.3) is 0 Å². The maximum absolute atomic E-state index is 10.9. The van der Waals surface area contributed by atoms with Gasteiger partial charge in [0, 0.05) is 17.8 Å². The Morgan fingerprint density at radius 1 is 1.38 bits per heavy atom. The molecule has 0 rings (SSSR count). The molecule has 0 fully saturated rings. The molecule has 0 aromatic carbocycles. The van der Waals surface area contributed by atoms with Gasteiger partial charge in [0.1, 0.15) is 0 Å².